The van der Waals surface area contributed by atoms with E-state index in [1.807, 2.05) is 12.1 Å². The SMILES string of the molecule is Clc1ccc2c(N[C@@H]3CN4CCC3CC4)noc2c1OC1CC1. The molecule has 6 heteroatoms. The minimum atomic E-state index is 0.279. The molecule has 23 heavy (non-hydrogen) atoms. The molecule has 3 aliphatic heterocycles. The highest BCUT2D eigenvalue weighted by atomic mass is 35.5. The molecule has 2 bridgehead atoms. The van der Waals surface area contributed by atoms with Crippen molar-refractivity contribution in [3.63, 3.8) is 0 Å². The van der Waals surface area contributed by atoms with Crippen molar-refractivity contribution in [1.82, 2.24) is 10.1 Å². The van der Waals surface area contributed by atoms with Gasteiger partial charge in [-0.1, -0.05) is 16.8 Å². The zero-order valence-corrected chi connectivity index (χ0v) is 13.7. The van der Waals surface area contributed by atoms with Gasteiger partial charge >= 0.3 is 0 Å². The Kier molecular flexibility index (Phi) is 3.20. The van der Waals surface area contributed by atoms with Gasteiger partial charge in [-0.25, -0.2) is 0 Å². The van der Waals surface area contributed by atoms with Gasteiger partial charge in [-0.15, -0.1) is 0 Å². The van der Waals surface area contributed by atoms with E-state index >= 15 is 0 Å². The lowest BCUT2D eigenvalue weighted by atomic mass is 9.84. The van der Waals surface area contributed by atoms with Crippen molar-refractivity contribution in [2.45, 2.75) is 37.8 Å². The first-order valence-electron chi connectivity index (χ1n) is 8.51. The third-order valence-corrected chi connectivity index (χ3v) is 5.63. The maximum absolute atomic E-state index is 6.29. The number of halogens is 1. The van der Waals surface area contributed by atoms with E-state index in [2.05, 4.69) is 15.4 Å². The summed E-state index contributed by atoms with van der Waals surface area (Å²) in [5, 5.41) is 9.42. The first-order valence-corrected chi connectivity index (χ1v) is 8.89. The van der Waals surface area contributed by atoms with Crippen LogP contribution in [0.15, 0.2) is 16.7 Å². The molecule has 4 heterocycles. The van der Waals surface area contributed by atoms with Gasteiger partial charge in [-0.05, 0) is 56.8 Å². The maximum Gasteiger partial charge on any atom is 0.212 e. The van der Waals surface area contributed by atoms with Crippen LogP contribution in [0.1, 0.15) is 25.7 Å². The van der Waals surface area contributed by atoms with Crippen molar-refractivity contribution >= 4 is 28.4 Å². The van der Waals surface area contributed by atoms with Gasteiger partial charge in [-0.3, -0.25) is 0 Å². The molecule has 1 aliphatic carbocycles. The third kappa shape index (κ3) is 2.46. The highest BCUT2D eigenvalue weighted by molar-refractivity contribution is 6.33. The predicted octanol–water partition coefficient (Wildman–Crippen LogP) is 3.53. The van der Waals surface area contributed by atoms with E-state index in [1.54, 1.807) is 0 Å². The molecule has 4 aliphatic rings. The molecule has 2 aromatic rings. The molecule has 0 unspecified atom stereocenters. The second-order valence-corrected chi connectivity index (χ2v) is 7.40. The van der Waals surface area contributed by atoms with Crippen LogP contribution in [0, 0.1) is 5.92 Å². The van der Waals surface area contributed by atoms with Crippen LogP contribution in [0.3, 0.4) is 0 Å². The molecule has 0 spiro atoms. The van der Waals surface area contributed by atoms with E-state index in [-0.39, 0.29) is 6.10 Å². The van der Waals surface area contributed by atoms with Crippen LogP contribution in [0.4, 0.5) is 5.82 Å². The molecule has 6 rings (SSSR count). The Morgan fingerprint density at radius 2 is 2.04 bits per heavy atom. The van der Waals surface area contributed by atoms with Crippen LogP contribution in [0.5, 0.6) is 5.75 Å². The minimum Gasteiger partial charge on any atom is -0.485 e. The summed E-state index contributed by atoms with van der Waals surface area (Å²) < 4.78 is 11.5. The number of nitrogens with one attached hydrogen (secondary N) is 1. The zero-order chi connectivity index (χ0) is 15.4. The number of ether oxygens (including phenoxy) is 1. The summed E-state index contributed by atoms with van der Waals surface area (Å²) in [6.45, 7) is 3.56. The summed E-state index contributed by atoms with van der Waals surface area (Å²) in [7, 11) is 0. The van der Waals surface area contributed by atoms with Crippen molar-refractivity contribution in [2.24, 2.45) is 5.92 Å². The zero-order valence-electron chi connectivity index (χ0n) is 12.9. The number of piperidine rings is 3. The molecule has 1 aromatic heterocycles. The molecule has 3 saturated heterocycles. The van der Waals surface area contributed by atoms with Gasteiger partial charge in [0.25, 0.3) is 0 Å². The van der Waals surface area contributed by atoms with Crippen LogP contribution >= 0.6 is 11.6 Å². The Morgan fingerprint density at radius 1 is 1.22 bits per heavy atom. The summed E-state index contributed by atoms with van der Waals surface area (Å²) in [6.07, 6.45) is 5.00. The number of anilines is 1. The number of benzene rings is 1. The van der Waals surface area contributed by atoms with E-state index in [9.17, 15) is 0 Å². The first-order chi connectivity index (χ1) is 11.3. The lowest BCUT2D eigenvalue weighted by Gasteiger charge is -2.44. The Morgan fingerprint density at radius 3 is 2.74 bits per heavy atom. The second-order valence-electron chi connectivity index (χ2n) is 6.99. The van der Waals surface area contributed by atoms with E-state index in [4.69, 9.17) is 20.9 Å². The van der Waals surface area contributed by atoms with Gasteiger partial charge < -0.3 is 19.5 Å². The Bertz CT molecular complexity index is 735. The molecule has 1 saturated carbocycles. The van der Waals surface area contributed by atoms with Gasteiger partial charge in [0.2, 0.25) is 5.58 Å². The fourth-order valence-electron chi connectivity index (χ4n) is 3.83. The number of hydrogen-bond donors (Lipinski definition) is 1. The quantitative estimate of drug-likeness (QED) is 0.927. The highest BCUT2D eigenvalue weighted by Crippen LogP contribution is 2.40. The van der Waals surface area contributed by atoms with Crippen molar-refractivity contribution in [2.75, 3.05) is 25.0 Å². The summed E-state index contributed by atoms with van der Waals surface area (Å²) in [6, 6.07) is 4.30. The molecule has 1 aromatic carbocycles. The van der Waals surface area contributed by atoms with Crippen molar-refractivity contribution in [3.05, 3.63) is 17.2 Å². The van der Waals surface area contributed by atoms with Crippen molar-refractivity contribution < 1.29 is 9.26 Å². The normalized spacial score (nSPS) is 29.9. The van der Waals surface area contributed by atoms with E-state index in [0.717, 1.165) is 36.5 Å². The Labute approximate surface area is 139 Å². The molecular formula is C17H20ClN3O2. The number of aromatic nitrogens is 1. The van der Waals surface area contributed by atoms with Gasteiger partial charge in [0.05, 0.1) is 16.5 Å². The minimum absolute atomic E-state index is 0.279. The number of hydrogen-bond acceptors (Lipinski definition) is 5. The van der Waals surface area contributed by atoms with E-state index < -0.39 is 0 Å². The first kappa shape index (κ1) is 13.9. The average Bonchev–Trinajstić information content (AvgIpc) is 3.31. The molecule has 122 valence electrons. The van der Waals surface area contributed by atoms with Gasteiger partial charge in [0.15, 0.2) is 11.6 Å². The number of fused-ring (bicyclic) bond motifs is 4. The lowest BCUT2D eigenvalue weighted by molar-refractivity contribution is 0.0973. The van der Waals surface area contributed by atoms with Crippen LogP contribution in [-0.4, -0.2) is 41.8 Å². The van der Waals surface area contributed by atoms with Gasteiger partial charge in [0.1, 0.15) is 0 Å². The summed E-state index contributed by atoms with van der Waals surface area (Å²) in [5.74, 6) is 2.19. The van der Waals surface area contributed by atoms with Crippen LogP contribution in [0.25, 0.3) is 11.0 Å². The van der Waals surface area contributed by atoms with Crippen LogP contribution < -0.4 is 10.1 Å². The Hall–Kier alpha value is -1.46. The fourth-order valence-corrected chi connectivity index (χ4v) is 4.02. The average molecular weight is 334 g/mol. The molecule has 4 fully saturated rings. The molecule has 5 nitrogen and oxygen atoms in total. The molecule has 1 N–H and O–H groups in total. The summed E-state index contributed by atoms with van der Waals surface area (Å²) in [4.78, 5) is 2.53. The largest absolute Gasteiger partial charge is 0.485 e. The Balaban J connectivity index is 1.45. The van der Waals surface area contributed by atoms with Crippen molar-refractivity contribution in [1.29, 1.82) is 0 Å². The molecule has 0 amide bonds. The lowest BCUT2D eigenvalue weighted by Crippen LogP contribution is -2.53. The topological polar surface area (TPSA) is 50.5 Å². The summed E-state index contributed by atoms with van der Waals surface area (Å²) in [5.41, 5.74) is 0.660. The van der Waals surface area contributed by atoms with Gasteiger partial charge in [-0.2, -0.15) is 0 Å². The number of rotatable bonds is 4. The highest BCUT2D eigenvalue weighted by Gasteiger charge is 2.35. The van der Waals surface area contributed by atoms with Crippen LogP contribution in [-0.2, 0) is 0 Å². The van der Waals surface area contributed by atoms with Crippen molar-refractivity contribution in [3.8, 4) is 5.75 Å². The smallest absolute Gasteiger partial charge is 0.212 e. The third-order valence-electron chi connectivity index (χ3n) is 5.33. The fraction of sp³-hybridized carbons (Fsp3) is 0.588. The molecule has 0 radical (unpaired) electrons. The number of nitrogens with zero attached hydrogens (tertiary/aromatic N) is 2. The standard InChI is InChI=1S/C17H20ClN3O2/c18-13-4-3-12-15(16(13)22-11-1-2-11)23-20-17(12)19-14-9-21-7-5-10(14)6-8-21/h3-4,10-11,14H,1-2,5-9H2,(H,19,20)/t14-/m1/s1. The monoisotopic (exact) mass is 333 g/mol. The second kappa shape index (κ2) is 5.28. The molecular weight excluding hydrogens is 314 g/mol. The van der Waals surface area contributed by atoms with Crippen LogP contribution in [0.2, 0.25) is 5.02 Å². The predicted molar refractivity (Wildman–Crippen MR) is 89.2 cm³/mol. The molecule has 1 atom stereocenters. The van der Waals surface area contributed by atoms with E-state index in [1.165, 1.54) is 25.9 Å². The summed E-state index contributed by atoms with van der Waals surface area (Å²) >= 11 is 6.29. The van der Waals surface area contributed by atoms with E-state index in [0.29, 0.717) is 22.4 Å². The van der Waals surface area contributed by atoms with Gasteiger partial charge in [0, 0.05) is 12.6 Å². The maximum atomic E-state index is 6.29.